The third-order valence-corrected chi connectivity index (χ3v) is 4.86. The van der Waals surface area contributed by atoms with Crippen LogP contribution in [0.5, 0.6) is 0 Å². The summed E-state index contributed by atoms with van der Waals surface area (Å²) in [7, 11) is 0. The van der Waals surface area contributed by atoms with E-state index in [-0.39, 0.29) is 16.4 Å². The Labute approximate surface area is 101 Å². The molecule has 0 spiro atoms. The molecule has 4 heteroatoms. The summed E-state index contributed by atoms with van der Waals surface area (Å²) >= 11 is 4.77. The van der Waals surface area contributed by atoms with E-state index in [1.54, 1.807) is 0 Å². The third-order valence-electron chi connectivity index (χ3n) is 4.76. The van der Waals surface area contributed by atoms with Crippen molar-refractivity contribution in [1.82, 2.24) is 5.32 Å². The van der Waals surface area contributed by atoms with Gasteiger partial charge in [-0.1, -0.05) is 0 Å². The predicted octanol–water partition coefficient (Wildman–Crippen LogP) is 1.56. The molecule has 0 heterocycles. The molecule has 0 atom stereocenters. The molecule has 0 aromatic carbocycles. The molecule has 4 rings (SSSR count). The molecule has 0 saturated heterocycles. The van der Waals surface area contributed by atoms with Crippen molar-refractivity contribution in [3.8, 4) is 0 Å². The molecule has 0 unspecified atom stereocenters. The highest BCUT2D eigenvalue weighted by atomic mass is 32.1. The summed E-state index contributed by atoms with van der Waals surface area (Å²) in [6.07, 6.45) is 7.23. The Morgan fingerprint density at radius 3 is 1.94 bits per heavy atom. The quantitative estimate of drug-likeness (QED) is 0.682. The van der Waals surface area contributed by atoms with Crippen molar-refractivity contribution in [2.45, 2.75) is 38.5 Å². The lowest BCUT2D eigenvalue weighted by atomic mass is 9.49. The summed E-state index contributed by atoms with van der Waals surface area (Å²) in [6.45, 7) is 0. The second-order valence-corrected chi connectivity index (χ2v) is 6.46. The molecule has 0 radical (unpaired) electrons. The van der Waals surface area contributed by atoms with Gasteiger partial charge in [-0.2, -0.15) is 0 Å². The Morgan fingerprint density at radius 1 is 1.12 bits per heavy atom. The van der Waals surface area contributed by atoms with Crippen LogP contribution in [0.4, 0.5) is 0 Å². The SMILES string of the molecule is NC(=S)NC(=O)C12CC3CC(CC(C3)C1)C2. The lowest BCUT2D eigenvalue weighted by molar-refractivity contribution is -0.144. The zero-order chi connectivity index (χ0) is 11.3. The second-order valence-electron chi connectivity index (χ2n) is 6.02. The monoisotopic (exact) mass is 238 g/mol. The molecule has 4 fully saturated rings. The Hall–Kier alpha value is -0.640. The van der Waals surface area contributed by atoms with Gasteiger partial charge in [-0.05, 0) is 68.5 Å². The fraction of sp³-hybridized carbons (Fsp3) is 0.833. The van der Waals surface area contributed by atoms with Gasteiger partial charge in [-0.15, -0.1) is 0 Å². The molecule has 0 aromatic heterocycles. The molecule has 3 N–H and O–H groups in total. The maximum Gasteiger partial charge on any atom is 0.232 e. The highest BCUT2D eigenvalue weighted by Gasteiger charge is 2.54. The minimum atomic E-state index is -0.127. The van der Waals surface area contributed by atoms with E-state index in [1.165, 1.54) is 19.3 Å². The molecule has 1 amide bonds. The molecule has 3 nitrogen and oxygen atoms in total. The van der Waals surface area contributed by atoms with Gasteiger partial charge in [0.1, 0.15) is 0 Å². The second kappa shape index (κ2) is 3.42. The van der Waals surface area contributed by atoms with Gasteiger partial charge in [-0.3, -0.25) is 4.79 Å². The van der Waals surface area contributed by atoms with Crippen molar-refractivity contribution in [2.75, 3.05) is 0 Å². The van der Waals surface area contributed by atoms with E-state index < -0.39 is 0 Å². The first kappa shape index (κ1) is 10.5. The fourth-order valence-corrected chi connectivity index (χ4v) is 4.73. The van der Waals surface area contributed by atoms with Crippen LogP contribution >= 0.6 is 12.2 Å². The Bertz CT molecular complexity index is 318. The van der Waals surface area contributed by atoms with Gasteiger partial charge in [0, 0.05) is 0 Å². The number of amides is 1. The number of hydrogen-bond acceptors (Lipinski definition) is 2. The smallest absolute Gasteiger partial charge is 0.232 e. The first-order chi connectivity index (χ1) is 7.57. The van der Waals surface area contributed by atoms with Crippen molar-refractivity contribution in [3.05, 3.63) is 0 Å². The van der Waals surface area contributed by atoms with Crippen LogP contribution in [0.15, 0.2) is 0 Å². The van der Waals surface area contributed by atoms with Gasteiger partial charge in [0.15, 0.2) is 5.11 Å². The van der Waals surface area contributed by atoms with Crippen LogP contribution in [0.2, 0.25) is 0 Å². The molecule has 88 valence electrons. The zero-order valence-electron chi connectivity index (χ0n) is 9.37. The van der Waals surface area contributed by atoms with Crippen LogP contribution in [0.25, 0.3) is 0 Å². The summed E-state index contributed by atoms with van der Waals surface area (Å²) in [5.41, 5.74) is 5.28. The molecule has 0 aromatic rings. The normalized spacial score (nSPS) is 44.4. The van der Waals surface area contributed by atoms with Crippen LogP contribution in [-0.2, 0) is 4.79 Å². The van der Waals surface area contributed by atoms with Crippen molar-refractivity contribution < 1.29 is 4.79 Å². The summed E-state index contributed by atoms with van der Waals surface area (Å²) < 4.78 is 0. The number of rotatable bonds is 1. The molecular formula is C12H18N2OS. The first-order valence-corrected chi connectivity index (χ1v) is 6.59. The molecule has 4 bridgehead atoms. The topological polar surface area (TPSA) is 55.1 Å². The number of hydrogen-bond donors (Lipinski definition) is 2. The van der Waals surface area contributed by atoms with E-state index in [9.17, 15) is 4.79 Å². The standard InChI is InChI=1S/C12H18N2OS/c13-11(16)14-10(15)12-4-7-1-8(5-12)3-9(2-7)6-12/h7-9H,1-6H2,(H3,13,14,15,16). The minimum Gasteiger partial charge on any atom is -0.376 e. The fourth-order valence-electron chi connectivity index (χ4n) is 4.63. The van der Waals surface area contributed by atoms with Gasteiger partial charge in [0.05, 0.1) is 5.41 Å². The predicted molar refractivity (Wildman–Crippen MR) is 65.5 cm³/mol. The molecule has 4 aliphatic carbocycles. The van der Waals surface area contributed by atoms with E-state index in [2.05, 4.69) is 5.32 Å². The first-order valence-electron chi connectivity index (χ1n) is 6.18. The highest BCUT2D eigenvalue weighted by Crippen LogP contribution is 2.60. The molecular weight excluding hydrogens is 220 g/mol. The van der Waals surface area contributed by atoms with Crippen molar-refractivity contribution in [2.24, 2.45) is 28.9 Å². The van der Waals surface area contributed by atoms with Gasteiger partial charge in [0.2, 0.25) is 5.91 Å². The van der Waals surface area contributed by atoms with Gasteiger partial charge in [0.25, 0.3) is 0 Å². The Balaban J connectivity index is 1.83. The summed E-state index contributed by atoms with van der Waals surface area (Å²) in [5.74, 6) is 2.44. The van der Waals surface area contributed by atoms with E-state index in [4.69, 9.17) is 18.0 Å². The average Bonchev–Trinajstić information content (AvgIpc) is 2.13. The lowest BCUT2D eigenvalue weighted by Crippen LogP contribution is -2.55. The number of nitrogens with two attached hydrogens (primary N) is 1. The van der Waals surface area contributed by atoms with Gasteiger partial charge in [-0.25, -0.2) is 0 Å². The van der Waals surface area contributed by atoms with Gasteiger partial charge < -0.3 is 11.1 Å². The molecule has 4 saturated carbocycles. The number of carbonyl (C=O) groups is 1. The van der Waals surface area contributed by atoms with E-state index in [1.807, 2.05) is 0 Å². The number of carbonyl (C=O) groups excluding carboxylic acids is 1. The Kier molecular flexibility index (Phi) is 2.25. The van der Waals surface area contributed by atoms with Crippen LogP contribution in [0.3, 0.4) is 0 Å². The summed E-state index contributed by atoms with van der Waals surface area (Å²) in [6, 6.07) is 0. The maximum atomic E-state index is 12.2. The van der Waals surface area contributed by atoms with E-state index >= 15 is 0 Å². The van der Waals surface area contributed by atoms with Crippen LogP contribution in [-0.4, -0.2) is 11.0 Å². The maximum absolute atomic E-state index is 12.2. The van der Waals surface area contributed by atoms with E-state index in [0.717, 1.165) is 37.0 Å². The summed E-state index contributed by atoms with van der Waals surface area (Å²) in [4.78, 5) is 12.2. The van der Waals surface area contributed by atoms with Crippen molar-refractivity contribution >= 4 is 23.2 Å². The largest absolute Gasteiger partial charge is 0.376 e. The van der Waals surface area contributed by atoms with Crippen molar-refractivity contribution in [3.63, 3.8) is 0 Å². The zero-order valence-corrected chi connectivity index (χ0v) is 10.2. The summed E-state index contributed by atoms with van der Waals surface area (Å²) in [5, 5.41) is 2.80. The van der Waals surface area contributed by atoms with Crippen LogP contribution in [0, 0.1) is 23.2 Å². The van der Waals surface area contributed by atoms with E-state index in [0.29, 0.717) is 0 Å². The molecule has 4 aliphatic rings. The molecule has 16 heavy (non-hydrogen) atoms. The van der Waals surface area contributed by atoms with Crippen LogP contribution in [0.1, 0.15) is 38.5 Å². The lowest BCUT2D eigenvalue weighted by Gasteiger charge is -2.55. The van der Waals surface area contributed by atoms with Crippen LogP contribution < -0.4 is 11.1 Å². The molecule has 0 aliphatic heterocycles. The number of thiocarbonyl (C=S) groups is 1. The Morgan fingerprint density at radius 2 is 1.56 bits per heavy atom. The minimum absolute atomic E-state index is 0.0964. The highest BCUT2D eigenvalue weighted by molar-refractivity contribution is 7.80. The van der Waals surface area contributed by atoms with Gasteiger partial charge >= 0.3 is 0 Å². The third kappa shape index (κ3) is 1.54. The van der Waals surface area contributed by atoms with Crippen molar-refractivity contribution in [1.29, 1.82) is 0 Å². The average molecular weight is 238 g/mol. The number of nitrogens with one attached hydrogen (secondary N) is 1.